The summed E-state index contributed by atoms with van der Waals surface area (Å²) in [5.41, 5.74) is -0.733. The van der Waals surface area contributed by atoms with E-state index in [1.54, 1.807) is 6.08 Å². The van der Waals surface area contributed by atoms with E-state index in [-0.39, 0.29) is 0 Å². The molecule has 1 aliphatic heterocycles. The van der Waals surface area contributed by atoms with Crippen LogP contribution in [0.25, 0.3) is 0 Å². The SMILES string of the molecule is C=CCC1(C(=O)O)CCN(N=O)CC1. The minimum atomic E-state index is -0.803. The Hall–Kier alpha value is -1.39. The molecular weight excluding hydrogens is 184 g/mol. The van der Waals surface area contributed by atoms with E-state index in [2.05, 4.69) is 11.9 Å². The summed E-state index contributed by atoms with van der Waals surface area (Å²) in [7, 11) is 0. The Morgan fingerprint density at radius 1 is 1.57 bits per heavy atom. The van der Waals surface area contributed by atoms with Crippen LogP contribution in [0.1, 0.15) is 19.3 Å². The van der Waals surface area contributed by atoms with Crippen LogP contribution in [0.15, 0.2) is 17.9 Å². The topological polar surface area (TPSA) is 70.0 Å². The Bertz CT molecular complexity index is 244. The Morgan fingerprint density at radius 2 is 2.14 bits per heavy atom. The largest absolute Gasteiger partial charge is 0.481 e. The molecular formula is C9H14N2O3. The molecule has 14 heavy (non-hydrogen) atoms. The van der Waals surface area contributed by atoms with Gasteiger partial charge in [-0.3, -0.25) is 9.80 Å². The molecule has 0 spiro atoms. The average molecular weight is 198 g/mol. The lowest BCUT2D eigenvalue weighted by molar-refractivity contribution is -0.151. The van der Waals surface area contributed by atoms with Crippen molar-refractivity contribution in [2.75, 3.05) is 13.1 Å². The van der Waals surface area contributed by atoms with E-state index < -0.39 is 11.4 Å². The summed E-state index contributed by atoms with van der Waals surface area (Å²) in [6, 6.07) is 0. The maximum atomic E-state index is 11.1. The van der Waals surface area contributed by atoms with Crippen molar-refractivity contribution >= 4 is 5.97 Å². The van der Waals surface area contributed by atoms with Crippen molar-refractivity contribution in [2.24, 2.45) is 10.7 Å². The van der Waals surface area contributed by atoms with Gasteiger partial charge in [0.2, 0.25) is 0 Å². The first-order valence-electron chi connectivity index (χ1n) is 4.57. The molecule has 5 heteroatoms. The van der Waals surface area contributed by atoms with E-state index in [1.807, 2.05) is 0 Å². The molecule has 1 rings (SSSR count). The Balaban J connectivity index is 2.68. The molecule has 1 aliphatic rings. The molecule has 1 fully saturated rings. The number of hydrogen-bond acceptors (Lipinski definition) is 3. The standard InChI is InChI=1S/C9H14N2O3/c1-2-3-9(8(12)13)4-6-11(10-14)7-5-9/h2H,1,3-7H2,(H,12,13). The zero-order valence-electron chi connectivity index (χ0n) is 7.98. The van der Waals surface area contributed by atoms with Gasteiger partial charge in [-0.05, 0) is 19.3 Å². The zero-order chi connectivity index (χ0) is 10.6. The summed E-state index contributed by atoms with van der Waals surface area (Å²) in [5, 5.41) is 13.3. The van der Waals surface area contributed by atoms with E-state index in [4.69, 9.17) is 5.11 Å². The predicted octanol–water partition coefficient (Wildman–Crippen LogP) is 1.41. The first-order chi connectivity index (χ1) is 6.64. The summed E-state index contributed by atoms with van der Waals surface area (Å²) in [5.74, 6) is -0.803. The minimum absolute atomic E-state index is 0.420. The van der Waals surface area contributed by atoms with Gasteiger partial charge in [0.15, 0.2) is 0 Å². The van der Waals surface area contributed by atoms with Crippen molar-refractivity contribution in [3.8, 4) is 0 Å². The lowest BCUT2D eigenvalue weighted by atomic mass is 9.76. The van der Waals surface area contributed by atoms with Crippen LogP contribution in [-0.4, -0.2) is 29.2 Å². The van der Waals surface area contributed by atoms with Crippen molar-refractivity contribution in [3.63, 3.8) is 0 Å². The molecule has 0 atom stereocenters. The van der Waals surface area contributed by atoms with Crippen molar-refractivity contribution in [3.05, 3.63) is 17.6 Å². The maximum absolute atomic E-state index is 11.1. The van der Waals surface area contributed by atoms with Gasteiger partial charge in [0.1, 0.15) is 0 Å². The van der Waals surface area contributed by atoms with Crippen LogP contribution in [0.5, 0.6) is 0 Å². The Morgan fingerprint density at radius 3 is 2.50 bits per heavy atom. The fourth-order valence-corrected chi connectivity index (χ4v) is 1.79. The molecule has 0 radical (unpaired) electrons. The highest BCUT2D eigenvalue weighted by molar-refractivity contribution is 5.75. The number of allylic oxidation sites excluding steroid dienone is 1. The third kappa shape index (κ3) is 1.92. The van der Waals surface area contributed by atoms with Crippen LogP contribution >= 0.6 is 0 Å². The highest BCUT2D eigenvalue weighted by Crippen LogP contribution is 2.35. The summed E-state index contributed by atoms with van der Waals surface area (Å²) in [6.45, 7) is 4.40. The van der Waals surface area contributed by atoms with Crippen molar-refractivity contribution in [1.29, 1.82) is 0 Å². The van der Waals surface area contributed by atoms with Gasteiger partial charge >= 0.3 is 5.97 Å². The Kier molecular flexibility index (Phi) is 3.22. The number of aliphatic carboxylic acids is 1. The zero-order valence-corrected chi connectivity index (χ0v) is 7.98. The van der Waals surface area contributed by atoms with Crippen LogP contribution < -0.4 is 0 Å². The second kappa shape index (κ2) is 4.21. The molecule has 1 heterocycles. The predicted molar refractivity (Wildman–Crippen MR) is 51.5 cm³/mol. The molecule has 78 valence electrons. The fraction of sp³-hybridized carbons (Fsp3) is 0.667. The van der Waals surface area contributed by atoms with E-state index in [1.165, 1.54) is 5.01 Å². The van der Waals surface area contributed by atoms with Gasteiger partial charge in [-0.15, -0.1) is 11.5 Å². The fourth-order valence-electron chi connectivity index (χ4n) is 1.79. The summed E-state index contributed by atoms with van der Waals surface area (Å²) >= 11 is 0. The number of nitrogens with zero attached hydrogens (tertiary/aromatic N) is 2. The van der Waals surface area contributed by atoms with Gasteiger partial charge in [-0.2, -0.15) is 0 Å². The normalized spacial score (nSPS) is 20.1. The number of nitroso groups, excluding NO2 is 1. The van der Waals surface area contributed by atoms with Crippen LogP contribution in [0.3, 0.4) is 0 Å². The summed E-state index contributed by atoms with van der Waals surface area (Å²) in [4.78, 5) is 21.3. The van der Waals surface area contributed by atoms with Gasteiger partial charge < -0.3 is 5.11 Å². The second-order valence-corrected chi connectivity index (χ2v) is 3.61. The van der Waals surface area contributed by atoms with Crippen LogP contribution in [0.4, 0.5) is 0 Å². The van der Waals surface area contributed by atoms with Gasteiger partial charge in [0, 0.05) is 13.1 Å². The van der Waals surface area contributed by atoms with E-state index in [0.717, 1.165) is 0 Å². The van der Waals surface area contributed by atoms with E-state index >= 15 is 0 Å². The molecule has 5 nitrogen and oxygen atoms in total. The van der Waals surface area contributed by atoms with Crippen molar-refractivity contribution in [1.82, 2.24) is 5.01 Å². The van der Waals surface area contributed by atoms with Crippen molar-refractivity contribution in [2.45, 2.75) is 19.3 Å². The first-order valence-corrected chi connectivity index (χ1v) is 4.57. The van der Waals surface area contributed by atoms with Crippen LogP contribution in [-0.2, 0) is 4.79 Å². The molecule has 0 saturated carbocycles. The molecule has 1 N–H and O–H groups in total. The van der Waals surface area contributed by atoms with Gasteiger partial charge in [-0.25, -0.2) is 0 Å². The van der Waals surface area contributed by atoms with E-state index in [9.17, 15) is 9.70 Å². The monoisotopic (exact) mass is 198 g/mol. The molecule has 0 aliphatic carbocycles. The number of piperidine rings is 1. The second-order valence-electron chi connectivity index (χ2n) is 3.61. The van der Waals surface area contributed by atoms with Gasteiger partial charge in [-0.1, -0.05) is 6.08 Å². The summed E-state index contributed by atoms with van der Waals surface area (Å²) in [6.07, 6.45) is 2.99. The lowest BCUT2D eigenvalue weighted by Crippen LogP contribution is -2.42. The quantitative estimate of drug-likeness (QED) is 0.547. The van der Waals surface area contributed by atoms with Crippen LogP contribution in [0, 0.1) is 10.3 Å². The molecule has 1 saturated heterocycles. The Labute approximate surface area is 82.3 Å². The molecule has 0 bridgehead atoms. The number of carbonyl (C=O) groups is 1. The number of carboxylic acid groups (broad SMARTS) is 1. The highest BCUT2D eigenvalue weighted by Gasteiger charge is 2.40. The minimum Gasteiger partial charge on any atom is -0.481 e. The number of hydrogen-bond donors (Lipinski definition) is 1. The molecule has 0 aromatic heterocycles. The molecule has 0 aromatic carbocycles. The molecule has 0 amide bonds. The third-order valence-corrected chi connectivity index (χ3v) is 2.80. The molecule has 0 aromatic rings. The average Bonchev–Trinajstić information content (AvgIpc) is 2.19. The number of carboxylic acids is 1. The highest BCUT2D eigenvalue weighted by atomic mass is 16.4. The summed E-state index contributed by atoms with van der Waals surface area (Å²) < 4.78 is 0. The number of rotatable bonds is 4. The molecule has 0 unspecified atom stereocenters. The van der Waals surface area contributed by atoms with E-state index in [0.29, 0.717) is 32.4 Å². The maximum Gasteiger partial charge on any atom is 0.310 e. The first kappa shape index (κ1) is 10.7. The van der Waals surface area contributed by atoms with Gasteiger partial charge in [0.05, 0.1) is 10.7 Å². The smallest absolute Gasteiger partial charge is 0.310 e. The van der Waals surface area contributed by atoms with Crippen LogP contribution in [0.2, 0.25) is 0 Å². The third-order valence-electron chi connectivity index (χ3n) is 2.80. The lowest BCUT2D eigenvalue weighted by Gasteiger charge is -2.35. The van der Waals surface area contributed by atoms with Crippen molar-refractivity contribution < 1.29 is 9.90 Å². The van der Waals surface area contributed by atoms with Gasteiger partial charge in [0.25, 0.3) is 0 Å².